The van der Waals surface area contributed by atoms with Gasteiger partial charge in [-0.25, -0.2) is 9.78 Å². The topological polar surface area (TPSA) is 108 Å². The standard InChI is InChI=1S/C21H31N5O3/c1-4-5-12-26(14-19(27)25-21(29)22-11-10-15(2)3)13-18-23-17-9-7-6-8-16(17)20(28)24-18/h6-9,15H,4-5,10-14H2,1-3H3,(H,23,24,28)(H2,22,25,27,29)/p+1. The molecule has 8 nitrogen and oxygen atoms in total. The predicted octanol–water partition coefficient (Wildman–Crippen LogP) is 0.980. The highest BCUT2D eigenvalue weighted by Gasteiger charge is 2.18. The Balaban J connectivity index is 1.99. The molecular formula is C21H32N5O3+. The van der Waals surface area contributed by atoms with Crippen LogP contribution in [0, 0.1) is 5.92 Å². The van der Waals surface area contributed by atoms with Crippen molar-refractivity contribution in [3.05, 3.63) is 40.4 Å². The molecule has 2 rings (SSSR count). The van der Waals surface area contributed by atoms with Gasteiger partial charge >= 0.3 is 6.03 Å². The number of aromatic amines is 1. The number of carbonyl (C=O) groups excluding carboxylic acids is 2. The van der Waals surface area contributed by atoms with Crippen LogP contribution < -0.4 is 21.1 Å². The molecule has 1 heterocycles. The molecule has 8 heteroatoms. The monoisotopic (exact) mass is 402 g/mol. The predicted molar refractivity (Wildman–Crippen MR) is 113 cm³/mol. The maximum atomic E-state index is 12.3. The number of quaternary nitrogens is 1. The number of fused-ring (bicyclic) bond motifs is 1. The summed E-state index contributed by atoms with van der Waals surface area (Å²) in [5, 5.41) is 5.63. The van der Waals surface area contributed by atoms with Gasteiger partial charge in [0.05, 0.1) is 17.4 Å². The van der Waals surface area contributed by atoms with Crippen LogP contribution in [0.3, 0.4) is 0 Å². The van der Waals surface area contributed by atoms with E-state index in [1.165, 1.54) is 0 Å². The first-order valence-electron chi connectivity index (χ1n) is 10.3. The zero-order chi connectivity index (χ0) is 21.2. The van der Waals surface area contributed by atoms with Crippen LogP contribution >= 0.6 is 0 Å². The number of rotatable bonds is 10. The van der Waals surface area contributed by atoms with E-state index in [0.29, 0.717) is 35.7 Å². The minimum absolute atomic E-state index is 0.133. The van der Waals surface area contributed by atoms with Gasteiger partial charge in [-0.2, -0.15) is 0 Å². The molecule has 0 fully saturated rings. The van der Waals surface area contributed by atoms with Crippen molar-refractivity contribution >= 4 is 22.8 Å². The Morgan fingerprint density at radius 1 is 1.24 bits per heavy atom. The Bertz CT molecular complexity index is 878. The van der Waals surface area contributed by atoms with E-state index in [1.807, 2.05) is 6.07 Å². The molecule has 0 aliphatic rings. The number of hydrogen-bond donors (Lipinski definition) is 4. The molecule has 158 valence electrons. The minimum Gasteiger partial charge on any atom is -0.338 e. The summed E-state index contributed by atoms with van der Waals surface area (Å²) in [6.07, 6.45) is 2.78. The van der Waals surface area contributed by atoms with Gasteiger partial charge in [0.15, 0.2) is 12.4 Å². The molecule has 4 N–H and O–H groups in total. The molecular weight excluding hydrogens is 370 g/mol. The van der Waals surface area contributed by atoms with E-state index in [9.17, 15) is 14.4 Å². The zero-order valence-electron chi connectivity index (χ0n) is 17.5. The summed E-state index contributed by atoms with van der Waals surface area (Å²) < 4.78 is 0. The molecule has 1 aromatic heterocycles. The number of para-hydroxylation sites is 1. The minimum atomic E-state index is -0.470. The third-order valence-corrected chi connectivity index (χ3v) is 4.63. The maximum absolute atomic E-state index is 12.3. The molecule has 1 aromatic carbocycles. The second-order valence-electron chi connectivity index (χ2n) is 7.72. The maximum Gasteiger partial charge on any atom is 0.321 e. The van der Waals surface area contributed by atoms with Crippen LogP contribution in [-0.4, -0.2) is 41.5 Å². The summed E-state index contributed by atoms with van der Waals surface area (Å²) >= 11 is 0. The van der Waals surface area contributed by atoms with Crippen LogP contribution in [-0.2, 0) is 11.3 Å². The highest BCUT2D eigenvalue weighted by Crippen LogP contribution is 2.05. The van der Waals surface area contributed by atoms with Crippen LogP contribution in [0.25, 0.3) is 10.9 Å². The summed E-state index contributed by atoms with van der Waals surface area (Å²) in [6, 6.07) is 6.70. The lowest BCUT2D eigenvalue weighted by atomic mass is 10.1. The molecule has 0 bridgehead atoms. The number of unbranched alkanes of at least 4 members (excludes halogenated alkanes) is 1. The Morgan fingerprint density at radius 2 is 2.00 bits per heavy atom. The molecule has 3 amide bonds. The fraction of sp³-hybridized carbons (Fsp3) is 0.524. The largest absolute Gasteiger partial charge is 0.338 e. The Kier molecular flexibility index (Phi) is 8.79. The van der Waals surface area contributed by atoms with Gasteiger partial charge in [0.1, 0.15) is 6.54 Å². The smallest absolute Gasteiger partial charge is 0.321 e. The molecule has 1 unspecified atom stereocenters. The third kappa shape index (κ3) is 7.65. The fourth-order valence-electron chi connectivity index (χ4n) is 3.04. The van der Waals surface area contributed by atoms with Gasteiger partial charge in [0, 0.05) is 6.54 Å². The van der Waals surface area contributed by atoms with Crippen LogP contribution in [0.5, 0.6) is 0 Å². The molecule has 0 aliphatic heterocycles. The molecule has 0 saturated carbocycles. The number of urea groups is 1. The second kappa shape index (κ2) is 11.3. The number of benzene rings is 1. The molecule has 29 heavy (non-hydrogen) atoms. The van der Waals surface area contributed by atoms with Crippen LogP contribution in [0.4, 0.5) is 4.79 Å². The van der Waals surface area contributed by atoms with Gasteiger partial charge in [-0.05, 0) is 30.9 Å². The SMILES string of the molecule is CCCC[NH+](CC(=O)NC(=O)NCCC(C)C)Cc1nc2ccccc2c(=O)[nH]1. The molecule has 1 atom stereocenters. The van der Waals surface area contributed by atoms with Gasteiger partial charge in [-0.15, -0.1) is 0 Å². The van der Waals surface area contributed by atoms with E-state index in [-0.39, 0.29) is 18.0 Å². The van der Waals surface area contributed by atoms with Crippen molar-refractivity contribution < 1.29 is 14.5 Å². The van der Waals surface area contributed by atoms with Gasteiger partial charge in [-0.1, -0.05) is 39.3 Å². The number of H-pyrrole nitrogens is 1. The summed E-state index contributed by atoms with van der Waals surface area (Å²) in [5.74, 6) is 0.673. The number of amides is 3. The molecule has 0 saturated heterocycles. The van der Waals surface area contributed by atoms with Crippen molar-refractivity contribution in [1.82, 2.24) is 20.6 Å². The number of carbonyl (C=O) groups is 2. The van der Waals surface area contributed by atoms with E-state index in [0.717, 1.165) is 30.7 Å². The lowest BCUT2D eigenvalue weighted by Crippen LogP contribution is -3.12. The van der Waals surface area contributed by atoms with E-state index in [1.54, 1.807) is 18.2 Å². The molecule has 0 spiro atoms. The summed E-state index contributed by atoms with van der Waals surface area (Å²) in [6.45, 7) is 8.04. The number of nitrogens with one attached hydrogen (secondary N) is 4. The highest BCUT2D eigenvalue weighted by atomic mass is 16.2. The first-order chi connectivity index (χ1) is 13.9. The second-order valence-corrected chi connectivity index (χ2v) is 7.72. The normalized spacial score (nSPS) is 12.1. The fourth-order valence-corrected chi connectivity index (χ4v) is 3.04. The Hall–Kier alpha value is -2.74. The summed E-state index contributed by atoms with van der Waals surface area (Å²) in [5.41, 5.74) is 0.449. The van der Waals surface area contributed by atoms with Crippen molar-refractivity contribution in [1.29, 1.82) is 0 Å². The van der Waals surface area contributed by atoms with Crippen molar-refractivity contribution in [2.45, 2.75) is 46.6 Å². The Labute approximate surface area is 171 Å². The van der Waals surface area contributed by atoms with E-state index in [4.69, 9.17) is 0 Å². The zero-order valence-corrected chi connectivity index (χ0v) is 17.5. The summed E-state index contributed by atoms with van der Waals surface area (Å²) in [7, 11) is 0. The van der Waals surface area contributed by atoms with Crippen LogP contribution in [0.15, 0.2) is 29.1 Å². The molecule has 0 radical (unpaired) electrons. The van der Waals surface area contributed by atoms with Crippen molar-refractivity contribution in [2.24, 2.45) is 5.92 Å². The number of aromatic nitrogens is 2. The van der Waals surface area contributed by atoms with Gasteiger partial charge < -0.3 is 15.2 Å². The van der Waals surface area contributed by atoms with Crippen molar-refractivity contribution in [3.8, 4) is 0 Å². The van der Waals surface area contributed by atoms with Gasteiger partial charge in [-0.3, -0.25) is 14.9 Å². The highest BCUT2D eigenvalue weighted by molar-refractivity contribution is 5.94. The Morgan fingerprint density at radius 3 is 2.72 bits per heavy atom. The lowest BCUT2D eigenvalue weighted by Gasteiger charge is -2.18. The third-order valence-electron chi connectivity index (χ3n) is 4.63. The number of imide groups is 1. The van der Waals surface area contributed by atoms with Gasteiger partial charge in [0.25, 0.3) is 11.5 Å². The van der Waals surface area contributed by atoms with E-state index in [2.05, 4.69) is 41.4 Å². The molecule has 0 aliphatic carbocycles. The average molecular weight is 403 g/mol. The number of nitrogens with zero attached hydrogens (tertiary/aromatic N) is 1. The van der Waals surface area contributed by atoms with Crippen LogP contribution in [0.2, 0.25) is 0 Å². The van der Waals surface area contributed by atoms with Crippen molar-refractivity contribution in [2.75, 3.05) is 19.6 Å². The lowest BCUT2D eigenvalue weighted by molar-refractivity contribution is -0.906. The van der Waals surface area contributed by atoms with Crippen molar-refractivity contribution in [3.63, 3.8) is 0 Å². The summed E-state index contributed by atoms with van der Waals surface area (Å²) in [4.78, 5) is 44.7. The van der Waals surface area contributed by atoms with E-state index >= 15 is 0 Å². The first kappa shape index (κ1) is 22.5. The van der Waals surface area contributed by atoms with Crippen LogP contribution in [0.1, 0.15) is 45.9 Å². The van der Waals surface area contributed by atoms with E-state index < -0.39 is 6.03 Å². The first-order valence-corrected chi connectivity index (χ1v) is 10.3. The molecule has 2 aromatic rings. The quantitative estimate of drug-likeness (QED) is 0.475. The average Bonchev–Trinajstić information content (AvgIpc) is 2.65. The van der Waals surface area contributed by atoms with Gasteiger partial charge in [0.2, 0.25) is 0 Å². The number of hydrogen-bond acceptors (Lipinski definition) is 4.